The second-order valence-electron chi connectivity index (χ2n) is 4.41. The zero-order valence-corrected chi connectivity index (χ0v) is 11.2. The standard InChI is InChI=1S/2C5H11N.2ClH/c2*1-4-3-5(2)6-4;;/h2*4-6H,3H2,1-2H3;2*1H/t2*4-,5+;;. The topological polar surface area (TPSA) is 24.1 Å². The van der Waals surface area contributed by atoms with E-state index in [0.717, 1.165) is 24.2 Å². The van der Waals surface area contributed by atoms with E-state index in [2.05, 4.69) is 38.3 Å². The predicted molar refractivity (Wildman–Crippen MR) is 67.8 cm³/mol. The van der Waals surface area contributed by atoms with Gasteiger partial charge in [0.1, 0.15) is 0 Å². The van der Waals surface area contributed by atoms with Gasteiger partial charge in [-0.2, -0.15) is 0 Å². The molecular weight excluding hydrogens is 219 g/mol. The van der Waals surface area contributed by atoms with E-state index < -0.39 is 0 Å². The molecule has 2 N–H and O–H groups in total. The van der Waals surface area contributed by atoms with Crippen molar-refractivity contribution in [2.45, 2.75) is 64.7 Å². The molecule has 2 heterocycles. The molecule has 0 aromatic rings. The van der Waals surface area contributed by atoms with E-state index >= 15 is 0 Å². The summed E-state index contributed by atoms with van der Waals surface area (Å²) in [6.07, 6.45) is 2.72. The second-order valence-corrected chi connectivity index (χ2v) is 4.41. The van der Waals surface area contributed by atoms with Crippen LogP contribution in [-0.2, 0) is 0 Å². The van der Waals surface area contributed by atoms with E-state index in [1.54, 1.807) is 0 Å². The Bertz CT molecular complexity index is 104. The van der Waals surface area contributed by atoms with Crippen LogP contribution in [-0.4, -0.2) is 24.2 Å². The third-order valence-corrected chi connectivity index (χ3v) is 2.55. The van der Waals surface area contributed by atoms with Crippen LogP contribution >= 0.6 is 24.8 Å². The van der Waals surface area contributed by atoms with Gasteiger partial charge >= 0.3 is 0 Å². The van der Waals surface area contributed by atoms with Crippen molar-refractivity contribution in [2.24, 2.45) is 0 Å². The van der Waals surface area contributed by atoms with Crippen molar-refractivity contribution < 1.29 is 0 Å². The van der Waals surface area contributed by atoms with E-state index in [-0.39, 0.29) is 24.8 Å². The fraction of sp³-hybridized carbons (Fsp3) is 1.00. The molecule has 0 bridgehead atoms. The second kappa shape index (κ2) is 7.75. The number of hydrogen-bond donors (Lipinski definition) is 2. The minimum Gasteiger partial charge on any atom is -0.312 e. The summed E-state index contributed by atoms with van der Waals surface area (Å²) in [6.45, 7) is 8.83. The van der Waals surface area contributed by atoms with Crippen LogP contribution in [0.1, 0.15) is 40.5 Å². The highest BCUT2D eigenvalue weighted by Crippen LogP contribution is 2.08. The summed E-state index contributed by atoms with van der Waals surface area (Å²) in [4.78, 5) is 0. The maximum absolute atomic E-state index is 3.31. The summed E-state index contributed by atoms with van der Waals surface area (Å²) in [5.41, 5.74) is 0. The lowest BCUT2D eigenvalue weighted by molar-refractivity contribution is 0.302. The monoisotopic (exact) mass is 242 g/mol. The van der Waals surface area contributed by atoms with Gasteiger partial charge < -0.3 is 10.6 Å². The highest BCUT2D eigenvalue weighted by molar-refractivity contribution is 5.85. The third kappa shape index (κ3) is 6.07. The summed E-state index contributed by atoms with van der Waals surface area (Å²) in [5.74, 6) is 0. The average Bonchev–Trinajstić information content (AvgIpc) is 1.84. The lowest BCUT2D eigenvalue weighted by Crippen LogP contribution is -2.48. The van der Waals surface area contributed by atoms with E-state index in [0.29, 0.717) is 0 Å². The van der Waals surface area contributed by atoms with Gasteiger partial charge in [-0.15, -0.1) is 24.8 Å². The van der Waals surface area contributed by atoms with Crippen LogP contribution in [0.3, 0.4) is 0 Å². The molecule has 4 heteroatoms. The van der Waals surface area contributed by atoms with Gasteiger partial charge in [-0.25, -0.2) is 0 Å². The van der Waals surface area contributed by atoms with Crippen LogP contribution < -0.4 is 10.6 Å². The summed E-state index contributed by atoms with van der Waals surface area (Å²) in [6, 6.07) is 3.17. The van der Waals surface area contributed by atoms with Crippen LogP contribution in [0, 0.1) is 0 Å². The molecule has 2 fully saturated rings. The minimum atomic E-state index is 0. The van der Waals surface area contributed by atoms with E-state index in [1.165, 1.54) is 12.8 Å². The number of hydrogen-bond acceptors (Lipinski definition) is 2. The van der Waals surface area contributed by atoms with Gasteiger partial charge in [-0.1, -0.05) is 0 Å². The van der Waals surface area contributed by atoms with Crippen LogP contribution in [0.5, 0.6) is 0 Å². The first-order valence-corrected chi connectivity index (χ1v) is 5.10. The fourth-order valence-corrected chi connectivity index (χ4v) is 1.98. The molecule has 2 aliphatic rings. The Morgan fingerprint density at radius 3 is 0.786 bits per heavy atom. The van der Waals surface area contributed by atoms with E-state index in [9.17, 15) is 0 Å². The maximum Gasteiger partial charge on any atom is 0.00559 e. The Morgan fingerprint density at radius 1 is 0.643 bits per heavy atom. The molecule has 14 heavy (non-hydrogen) atoms. The maximum atomic E-state index is 3.31. The Labute approximate surface area is 100 Å². The van der Waals surface area contributed by atoms with E-state index in [1.807, 2.05) is 0 Å². The van der Waals surface area contributed by atoms with Gasteiger partial charge in [0, 0.05) is 24.2 Å². The molecule has 4 atom stereocenters. The Balaban J connectivity index is 0. The molecule has 0 saturated carbocycles. The molecule has 2 saturated heterocycles. The van der Waals surface area contributed by atoms with Crippen LogP contribution in [0.15, 0.2) is 0 Å². The Hall–Kier alpha value is 0.500. The molecule has 0 spiro atoms. The molecular formula is C10H24Cl2N2. The molecule has 0 aliphatic carbocycles. The summed E-state index contributed by atoms with van der Waals surface area (Å²) >= 11 is 0. The molecule has 0 aromatic heterocycles. The summed E-state index contributed by atoms with van der Waals surface area (Å²) in [5, 5.41) is 6.61. The fourth-order valence-electron chi connectivity index (χ4n) is 1.98. The number of nitrogens with one attached hydrogen (secondary N) is 2. The van der Waals surface area contributed by atoms with Crippen molar-refractivity contribution in [3.8, 4) is 0 Å². The first-order chi connectivity index (χ1) is 5.58. The Morgan fingerprint density at radius 2 is 0.786 bits per heavy atom. The molecule has 88 valence electrons. The van der Waals surface area contributed by atoms with Crippen molar-refractivity contribution in [1.29, 1.82) is 0 Å². The molecule has 2 aliphatic heterocycles. The zero-order valence-electron chi connectivity index (χ0n) is 9.54. The molecule has 0 aromatic carbocycles. The van der Waals surface area contributed by atoms with Gasteiger partial charge in [-0.3, -0.25) is 0 Å². The zero-order chi connectivity index (χ0) is 9.14. The number of halogens is 2. The van der Waals surface area contributed by atoms with Crippen LogP contribution in [0.4, 0.5) is 0 Å². The van der Waals surface area contributed by atoms with Crippen molar-refractivity contribution >= 4 is 24.8 Å². The van der Waals surface area contributed by atoms with Crippen molar-refractivity contribution in [2.75, 3.05) is 0 Å². The van der Waals surface area contributed by atoms with Crippen molar-refractivity contribution in [1.82, 2.24) is 10.6 Å². The highest BCUT2D eigenvalue weighted by atomic mass is 35.5. The predicted octanol–water partition coefficient (Wildman–Crippen LogP) is 2.36. The highest BCUT2D eigenvalue weighted by Gasteiger charge is 2.18. The molecule has 0 radical (unpaired) electrons. The Kier molecular flexibility index (Phi) is 9.36. The third-order valence-electron chi connectivity index (χ3n) is 2.55. The summed E-state index contributed by atoms with van der Waals surface area (Å²) < 4.78 is 0. The number of rotatable bonds is 0. The van der Waals surface area contributed by atoms with Gasteiger partial charge in [-0.05, 0) is 40.5 Å². The lowest BCUT2D eigenvalue weighted by atomic mass is 10.0. The first kappa shape index (κ1) is 16.9. The van der Waals surface area contributed by atoms with Crippen LogP contribution in [0.25, 0.3) is 0 Å². The lowest BCUT2D eigenvalue weighted by Gasteiger charge is -2.31. The largest absolute Gasteiger partial charge is 0.312 e. The quantitative estimate of drug-likeness (QED) is 0.682. The van der Waals surface area contributed by atoms with Gasteiger partial charge in [0.2, 0.25) is 0 Å². The van der Waals surface area contributed by atoms with Gasteiger partial charge in [0.15, 0.2) is 0 Å². The molecule has 2 nitrogen and oxygen atoms in total. The van der Waals surface area contributed by atoms with E-state index in [4.69, 9.17) is 0 Å². The van der Waals surface area contributed by atoms with Crippen molar-refractivity contribution in [3.63, 3.8) is 0 Å². The van der Waals surface area contributed by atoms with Gasteiger partial charge in [0.05, 0.1) is 0 Å². The minimum absolute atomic E-state index is 0. The van der Waals surface area contributed by atoms with Crippen molar-refractivity contribution in [3.05, 3.63) is 0 Å². The SMILES string of the molecule is C[C@@H]1C[C@H](C)N1.C[C@@H]1C[C@H](C)N1.Cl.Cl. The van der Waals surface area contributed by atoms with Gasteiger partial charge in [0.25, 0.3) is 0 Å². The average molecular weight is 243 g/mol. The molecule has 0 amide bonds. The first-order valence-electron chi connectivity index (χ1n) is 5.10. The molecule has 0 unspecified atom stereocenters. The van der Waals surface area contributed by atoms with Crippen LogP contribution in [0.2, 0.25) is 0 Å². The normalized spacial score (nSPS) is 38.6. The molecule has 2 rings (SSSR count). The smallest absolute Gasteiger partial charge is 0.00559 e. The summed E-state index contributed by atoms with van der Waals surface area (Å²) in [7, 11) is 0.